The lowest BCUT2D eigenvalue weighted by molar-refractivity contribution is -0.142. The molecule has 11 N–H and O–H groups in total. The van der Waals surface area contributed by atoms with Crippen LogP contribution in [0.15, 0.2) is 35.5 Å². The fraction of sp³-hybridized carbons (Fsp3) is 0.552. The second-order valence-corrected chi connectivity index (χ2v) is 11.1. The van der Waals surface area contributed by atoms with Crippen molar-refractivity contribution in [3.05, 3.63) is 36.0 Å². The predicted octanol–water partition coefficient (Wildman–Crippen LogP) is 0.723. The number of hydrogen-bond acceptors (Lipinski definition) is 6. The zero-order valence-electron chi connectivity index (χ0n) is 24.9. The first-order valence-corrected chi connectivity index (χ1v) is 14.3. The number of carboxylic acids is 1. The number of para-hydroxylation sites is 1. The highest BCUT2D eigenvalue weighted by atomic mass is 16.4. The van der Waals surface area contributed by atoms with Crippen LogP contribution in [0.3, 0.4) is 0 Å². The SMILES string of the molecule is CCC(C)C(N)C(=O)NC(CC(C)C)C(=O)NC(CCCN=C(N)N)C(=O)NC(Cc1c[nH]c2ccccc12)C(=O)O. The molecule has 1 aromatic carbocycles. The lowest BCUT2D eigenvalue weighted by Gasteiger charge is -2.27. The van der Waals surface area contributed by atoms with Crippen LogP contribution in [0.4, 0.5) is 0 Å². The zero-order valence-corrected chi connectivity index (χ0v) is 24.9. The van der Waals surface area contributed by atoms with Gasteiger partial charge in [0, 0.05) is 30.1 Å². The number of aliphatic carboxylic acids is 1. The van der Waals surface area contributed by atoms with Gasteiger partial charge in [0.05, 0.1) is 6.04 Å². The largest absolute Gasteiger partial charge is 0.480 e. The normalized spacial score (nSPS) is 14.8. The summed E-state index contributed by atoms with van der Waals surface area (Å²) in [5.74, 6) is -3.08. The number of H-pyrrole nitrogens is 1. The highest BCUT2D eigenvalue weighted by Crippen LogP contribution is 2.19. The van der Waals surface area contributed by atoms with E-state index in [1.54, 1.807) is 6.20 Å². The van der Waals surface area contributed by atoms with Gasteiger partial charge in [-0.15, -0.1) is 0 Å². The van der Waals surface area contributed by atoms with Crippen LogP contribution in [0, 0.1) is 11.8 Å². The molecule has 0 fully saturated rings. The summed E-state index contributed by atoms with van der Waals surface area (Å²) in [6, 6.07) is 3.35. The Morgan fingerprint density at radius 2 is 1.57 bits per heavy atom. The van der Waals surface area contributed by atoms with Gasteiger partial charge in [0.15, 0.2) is 5.96 Å². The Labute approximate surface area is 246 Å². The molecule has 232 valence electrons. The van der Waals surface area contributed by atoms with Crippen LogP contribution in [0.25, 0.3) is 10.9 Å². The van der Waals surface area contributed by atoms with E-state index in [1.807, 2.05) is 52.0 Å². The van der Waals surface area contributed by atoms with Crippen LogP contribution in [-0.4, -0.2) is 70.5 Å². The highest BCUT2D eigenvalue weighted by molar-refractivity contribution is 5.94. The molecule has 0 spiro atoms. The third kappa shape index (κ3) is 10.4. The van der Waals surface area contributed by atoms with E-state index in [0.29, 0.717) is 19.3 Å². The number of aliphatic imine (C=N–C) groups is 1. The number of nitrogens with one attached hydrogen (secondary N) is 4. The molecule has 5 unspecified atom stereocenters. The van der Waals surface area contributed by atoms with Crippen molar-refractivity contribution in [2.75, 3.05) is 6.54 Å². The Bertz CT molecular complexity index is 1240. The van der Waals surface area contributed by atoms with Crippen molar-refractivity contribution in [1.29, 1.82) is 0 Å². The predicted molar refractivity (Wildman–Crippen MR) is 162 cm³/mol. The van der Waals surface area contributed by atoms with Crippen LogP contribution in [0.2, 0.25) is 0 Å². The van der Waals surface area contributed by atoms with Gasteiger partial charge >= 0.3 is 5.97 Å². The topological polar surface area (TPSA) is 231 Å². The number of nitrogens with two attached hydrogens (primary N) is 3. The molecule has 13 heteroatoms. The number of fused-ring (bicyclic) bond motifs is 1. The van der Waals surface area contributed by atoms with Crippen LogP contribution in [-0.2, 0) is 25.6 Å². The first-order chi connectivity index (χ1) is 19.8. The molecule has 2 aromatic rings. The smallest absolute Gasteiger partial charge is 0.326 e. The molecule has 0 radical (unpaired) electrons. The quantitative estimate of drug-likeness (QED) is 0.0746. The summed E-state index contributed by atoms with van der Waals surface area (Å²) in [5.41, 5.74) is 18.5. The Morgan fingerprint density at radius 1 is 0.952 bits per heavy atom. The number of carboxylic acid groups (broad SMARTS) is 1. The number of amides is 3. The van der Waals surface area contributed by atoms with Gasteiger partial charge in [-0.1, -0.05) is 52.3 Å². The van der Waals surface area contributed by atoms with Crippen molar-refractivity contribution < 1.29 is 24.3 Å². The summed E-state index contributed by atoms with van der Waals surface area (Å²) >= 11 is 0. The Morgan fingerprint density at radius 3 is 2.19 bits per heavy atom. The number of carbonyl (C=O) groups is 4. The second-order valence-electron chi connectivity index (χ2n) is 11.1. The third-order valence-electron chi connectivity index (χ3n) is 7.19. The molecule has 0 aliphatic heterocycles. The molecule has 1 aromatic heterocycles. The maximum absolute atomic E-state index is 13.4. The van der Waals surface area contributed by atoms with Gasteiger partial charge in [-0.3, -0.25) is 19.4 Å². The number of guanidine groups is 1. The van der Waals surface area contributed by atoms with E-state index in [9.17, 15) is 24.3 Å². The fourth-order valence-corrected chi connectivity index (χ4v) is 4.52. The van der Waals surface area contributed by atoms with Gasteiger partial charge < -0.3 is 43.2 Å². The number of benzene rings is 1. The lowest BCUT2D eigenvalue weighted by Crippen LogP contribution is -2.58. The second kappa shape index (κ2) is 16.3. The van der Waals surface area contributed by atoms with E-state index in [2.05, 4.69) is 25.9 Å². The minimum absolute atomic E-state index is 0.0271. The Kier molecular flexibility index (Phi) is 13.3. The van der Waals surface area contributed by atoms with E-state index < -0.39 is 47.9 Å². The van der Waals surface area contributed by atoms with Crippen LogP contribution in [0.5, 0.6) is 0 Å². The van der Waals surface area contributed by atoms with Crippen molar-refractivity contribution in [2.24, 2.45) is 34.0 Å². The van der Waals surface area contributed by atoms with Gasteiger partial charge in [0.25, 0.3) is 0 Å². The number of aromatic nitrogens is 1. The average molecular weight is 587 g/mol. The van der Waals surface area contributed by atoms with Crippen molar-refractivity contribution in [3.8, 4) is 0 Å². The zero-order chi connectivity index (χ0) is 31.4. The molecule has 0 saturated heterocycles. The maximum atomic E-state index is 13.4. The molecule has 0 aliphatic rings. The summed E-state index contributed by atoms with van der Waals surface area (Å²) < 4.78 is 0. The molecule has 0 bridgehead atoms. The molecule has 3 amide bonds. The summed E-state index contributed by atoms with van der Waals surface area (Å²) in [7, 11) is 0. The Balaban J connectivity index is 2.23. The number of aromatic amines is 1. The maximum Gasteiger partial charge on any atom is 0.326 e. The van der Waals surface area contributed by atoms with Crippen molar-refractivity contribution in [3.63, 3.8) is 0 Å². The number of nitrogens with zero attached hydrogens (tertiary/aromatic N) is 1. The molecule has 0 aliphatic carbocycles. The summed E-state index contributed by atoms with van der Waals surface area (Å²) in [6.07, 6.45) is 3.20. The van der Waals surface area contributed by atoms with Gasteiger partial charge in [0.1, 0.15) is 18.1 Å². The van der Waals surface area contributed by atoms with Gasteiger partial charge in [-0.2, -0.15) is 0 Å². The minimum atomic E-state index is -1.26. The molecule has 42 heavy (non-hydrogen) atoms. The molecule has 0 saturated carbocycles. The minimum Gasteiger partial charge on any atom is -0.480 e. The van der Waals surface area contributed by atoms with E-state index >= 15 is 0 Å². The van der Waals surface area contributed by atoms with Crippen LogP contribution in [0.1, 0.15) is 58.9 Å². The molecular formula is C29H46N8O5. The monoisotopic (exact) mass is 586 g/mol. The molecule has 1 heterocycles. The summed E-state index contributed by atoms with van der Waals surface area (Å²) in [6.45, 7) is 7.79. The lowest BCUT2D eigenvalue weighted by atomic mass is 9.97. The van der Waals surface area contributed by atoms with E-state index in [4.69, 9.17) is 17.2 Å². The molecule has 13 nitrogen and oxygen atoms in total. The van der Waals surface area contributed by atoms with Crippen LogP contribution >= 0.6 is 0 Å². The molecule has 2 rings (SSSR count). The number of carbonyl (C=O) groups excluding carboxylic acids is 3. The van der Waals surface area contributed by atoms with Crippen LogP contribution < -0.4 is 33.2 Å². The molecule has 5 atom stereocenters. The van der Waals surface area contributed by atoms with Crippen molar-refractivity contribution >= 4 is 40.6 Å². The number of rotatable bonds is 17. The van der Waals surface area contributed by atoms with Crippen molar-refractivity contribution in [1.82, 2.24) is 20.9 Å². The van der Waals surface area contributed by atoms with Gasteiger partial charge in [-0.05, 0) is 42.7 Å². The Hall–Kier alpha value is -4.13. The standard InChI is InChI=1S/C29H46N8O5/c1-5-17(4)24(30)27(40)36-22(13-16(2)3)26(39)35-21(11-8-12-33-29(31)32)25(38)37-23(28(41)42)14-18-15-34-20-10-7-6-9-19(18)20/h6-7,9-10,15-17,21-24,34H,5,8,11-14,30H2,1-4H3,(H,35,39)(H,36,40)(H,37,38)(H,41,42)(H4,31,32,33). The first kappa shape index (κ1) is 34.1. The van der Waals surface area contributed by atoms with E-state index in [1.165, 1.54) is 0 Å². The van der Waals surface area contributed by atoms with Gasteiger partial charge in [0.2, 0.25) is 17.7 Å². The van der Waals surface area contributed by atoms with E-state index in [-0.39, 0.29) is 37.2 Å². The fourth-order valence-electron chi connectivity index (χ4n) is 4.52. The number of hydrogen-bond donors (Lipinski definition) is 8. The van der Waals surface area contributed by atoms with Crippen molar-refractivity contribution in [2.45, 2.75) is 84.0 Å². The summed E-state index contributed by atoms with van der Waals surface area (Å²) in [5, 5.41) is 18.8. The van der Waals surface area contributed by atoms with Gasteiger partial charge in [-0.25, -0.2) is 4.79 Å². The first-order valence-electron chi connectivity index (χ1n) is 14.3. The third-order valence-corrected chi connectivity index (χ3v) is 7.19. The summed E-state index contributed by atoms with van der Waals surface area (Å²) in [4.78, 5) is 58.8. The molecular weight excluding hydrogens is 540 g/mol. The highest BCUT2D eigenvalue weighted by Gasteiger charge is 2.31. The average Bonchev–Trinajstić information content (AvgIpc) is 3.35. The van der Waals surface area contributed by atoms with E-state index in [0.717, 1.165) is 16.5 Å².